The second kappa shape index (κ2) is 6.76. The number of para-hydroxylation sites is 1. The maximum atomic E-state index is 13.2. The molecule has 1 aromatic heterocycles. The van der Waals surface area contributed by atoms with Gasteiger partial charge in [0.1, 0.15) is 0 Å². The van der Waals surface area contributed by atoms with Crippen LogP contribution in [0.4, 0.5) is 5.69 Å². The summed E-state index contributed by atoms with van der Waals surface area (Å²) in [5, 5.41) is 4.74. The van der Waals surface area contributed by atoms with Gasteiger partial charge in [0, 0.05) is 34.6 Å². The van der Waals surface area contributed by atoms with Gasteiger partial charge in [-0.2, -0.15) is 5.10 Å². The van der Waals surface area contributed by atoms with Crippen molar-refractivity contribution in [3.05, 3.63) is 72.6 Å². The minimum Gasteiger partial charge on any atom is -0.307 e. The van der Waals surface area contributed by atoms with E-state index in [9.17, 15) is 4.79 Å². The van der Waals surface area contributed by atoms with Crippen molar-refractivity contribution in [3.63, 3.8) is 0 Å². The predicted molar refractivity (Wildman–Crippen MR) is 102 cm³/mol. The van der Waals surface area contributed by atoms with E-state index >= 15 is 0 Å². The Morgan fingerprint density at radius 1 is 1.16 bits per heavy atom. The highest BCUT2D eigenvalue weighted by molar-refractivity contribution is 8.00. The maximum Gasteiger partial charge on any atom is 0.258 e. The van der Waals surface area contributed by atoms with Crippen LogP contribution < -0.4 is 4.90 Å². The Morgan fingerprint density at radius 3 is 2.88 bits per heavy atom. The van der Waals surface area contributed by atoms with Crippen molar-refractivity contribution in [1.29, 1.82) is 0 Å². The Balaban J connectivity index is 1.70. The SMILES string of the molecule is CC1CCN(C(=O)c2cccc(-n3cccn3)c2)c2ccccc2S1. The topological polar surface area (TPSA) is 38.1 Å². The smallest absolute Gasteiger partial charge is 0.258 e. The minimum atomic E-state index is 0.0381. The summed E-state index contributed by atoms with van der Waals surface area (Å²) in [6, 6.07) is 17.7. The van der Waals surface area contributed by atoms with Gasteiger partial charge in [0.2, 0.25) is 0 Å². The zero-order chi connectivity index (χ0) is 17.2. The number of nitrogens with zero attached hydrogens (tertiary/aromatic N) is 3. The Labute approximate surface area is 151 Å². The summed E-state index contributed by atoms with van der Waals surface area (Å²) in [5.74, 6) is 0.0381. The number of benzene rings is 2. The van der Waals surface area contributed by atoms with Gasteiger partial charge in [-0.3, -0.25) is 4.79 Å². The second-order valence-electron chi connectivity index (χ2n) is 6.14. The molecule has 0 N–H and O–H groups in total. The fourth-order valence-electron chi connectivity index (χ4n) is 3.06. The molecule has 0 fully saturated rings. The monoisotopic (exact) mass is 349 g/mol. The minimum absolute atomic E-state index is 0.0381. The lowest BCUT2D eigenvalue weighted by atomic mass is 10.1. The summed E-state index contributed by atoms with van der Waals surface area (Å²) in [5.41, 5.74) is 2.58. The second-order valence-corrected chi connectivity index (χ2v) is 7.62. The number of carbonyl (C=O) groups is 1. The number of carbonyl (C=O) groups excluding carboxylic acids is 1. The van der Waals surface area contributed by atoms with Crippen molar-refractivity contribution in [3.8, 4) is 5.69 Å². The Kier molecular flexibility index (Phi) is 4.32. The van der Waals surface area contributed by atoms with E-state index in [0.717, 1.165) is 24.3 Å². The highest BCUT2D eigenvalue weighted by atomic mass is 32.2. The number of anilines is 1. The van der Waals surface area contributed by atoms with Crippen molar-refractivity contribution in [1.82, 2.24) is 9.78 Å². The van der Waals surface area contributed by atoms with Gasteiger partial charge in [-0.25, -0.2) is 4.68 Å². The van der Waals surface area contributed by atoms with E-state index in [1.54, 1.807) is 10.9 Å². The first-order valence-corrected chi connectivity index (χ1v) is 9.28. The molecule has 0 aliphatic carbocycles. The van der Waals surface area contributed by atoms with Gasteiger partial charge >= 0.3 is 0 Å². The van der Waals surface area contributed by atoms with Crippen LogP contribution in [0.25, 0.3) is 5.69 Å². The molecular formula is C20H19N3OS. The molecule has 3 aromatic rings. The van der Waals surface area contributed by atoms with E-state index in [-0.39, 0.29) is 5.91 Å². The van der Waals surface area contributed by atoms with Crippen molar-refractivity contribution in [2.75, 3.05) is 11.4 Å². The fraction of sp³-hybridized carbons (Fsp3) is 0.200. The molecule has 0 bridgehead atoms. The molecule has 4 rings (SSSR count). The third kappa shape index (κ3) is 3.20. The molecule has 2 heterocycles. The maximum absolute atomic E-state index is 13.2. The van der Waals surface area contributed by atoms with Crippen LogP contribution in [0.15, 0.2) is 71.9 Å². The molecule has 0 radical (unpaired) electrons. The molecule has 4 nitrogen and oxygen atoms in total. The van der Waals surface area contributed by atoms with Crippen LogP contribution in [0.2, 0.25) is 0 Å². The molecule has 1 aliphatic rings. The fourth-order valence-corrected chi connectivity index (χ4v) is 4.17. The van der Waals surface area contributed by atoms with Gasteiger partial charge in [0.25, 0.3) is 5.91 Å². The van der Waals surface area contributed by atoms with Crippen molar-refractivity contribution in [2.24, 2.45) is 0 Å². The van der Waals surface area contributed by atoms with Crippen LogP contribution in [-0.2, 0) is 0 Å². The summed E-state index contributed by atoms with van der Waals surface area (Å²) < 4.78 is 1.77. The van der Waals surface area contributed by atoms with Gasteiger partial charge < -0.3 is 4.90 Å². The number of thioether (sulfide) groups is 1. The number of fused-ring (bicyclic) bond motifs is 1. The average Bonchev–Trinajstić information content (AvgIpc) is 3.12. The normalized spacial score (nSPS) is 17.0. The number of rotatable bonds is 2. The van der Waals surface area contributed by atoms with Gasteiger partial charge in [-0.05, 0) is 42.8 Å². The van der Waals surface area contributed by atoms with E-state index in [4.69, 9.17) is 0 Å². The zero-order valence-corrected chi connectivity index (χ0v) is 14.8. The van der Waals surface area contributed by atoms with Gasteiger partial charge in [-0.1, -0.05) is 25.1 Å². The molecule has 1 unspecified atom stereocenters. The molecule has 2 aromatic carbocycles. The third-order valence-electron chi connectivity index (χ3n) is 4.35. The molecule has 126 valence electrons. The number of hydrogen-bond donors (Lipinski definition) is 0. The lowest BCUT2D eigenvalue weighted by Gasteiger charge is -2.22. The lowest BCUT2D eigenvalue weighted by Crippen LogP contribution is -2.32. The first kappa shape index (κ1) is 16.0. The largest absolute Gasteiger partial charge is 0.307 e. The van der Waals surface area contributed by atoms with Crippen LogP contribution in [0, 0.1) is 0 Å². The van der Waals surface area contributed by atoms with E-state index in [2.05, 4.69) is 18.1 Å². The molecule has 1 aliphatic heterocycles. The summed E-state index contributed by atoms with van der Waals surface area (Å²) >= 11 is 1.84. The Morgan fingerprint density at radius 2 is 2.04 bits per heavy atom. The van der Waals surface area contributed by atoms with Crippen molar-refractivity contribution in [2.45, 2.75) is 23.5 Å². The summed E-state index contributed by atoms with van der Waals surface area (Å²) in [6.45, 7) is 2.95. The Hall–Kier alpha value is -2.53. The summed E-state index contributed by atoms with van der Waals surface area (Å²) in [7, 11) is 0. The number of aromatic nitrogens is 2. The van der Waals surface area contributed by atoms with Gasteiger partial charge in [-0.15, -0.1) is 11.8 Å². The molecule has 0 saturated heterocycles. The highest BCUT2D eigenvalue weighted by Gasteiger charge is 2.25. The predicted octanol–water partition coefficient (Wildman–Crippen LogP) is 4.40. The summed E-state index contributed by atoms with van der Waals surface area (Å²) in [6.07, 6.45) is 4.59. The van der Waals surface area contributed by atoms with E-state index < -0.39 is 0 Å². The van der Waals surface area contributed by atoms with Crippen LogP contribution in [0.3, 0.4) is 0 Å². The van der Waals surface area contributed by atoms with Crippen molar-refractivity contribution < 1.29 is 4.79 Å². The van der Waals surface area contributed by atoms with E-state index in [1.807, 2.05) is 71.4 Å². The molecule has 0 spiro atoms. The van der Waals surface area contributed by atoms with Gasteiger partial charge in [0.05, 0.1) is 11.4 Å². The van der Waals surface area contributed by atoms with E-state index in [1.165, 1.54) is 4.90 Å². The zero-order valence-electron chi connectivity index (χ0n) is 14.0. The number of hydrogen-bond acceptors (Lipinski definition) is 3. The van der Waals surface area contributed by atoms with Crippen LogP contribution in [0.1, 0.15) is 23.7 Å². The molecular weight excluding hydrogens is 330 g/mol. The van der Waals surface area contributed by atoms with Crippen molar-refractivity contribution >= 4 is 23.4 Å². The first-order chi connectivity index (χ1) is 12.2. The standard InChI is InChI=1S/C20H19N3OS/c1-15-10-13-22(18-8-2-3-9-19(18)25-15)20(24)16-6-4-7-17(14-16)23-12-5-11-21-23/h2-9,11-12,14-15H,10,13H2,1H3. The third-order valence-corrected chi connectivity index (χ3v) is 5.59. The van der Waals surface area contributed by atoms with Crippen LogP contribution in [0.5, 0.6) is 0 Å². The van der Waals surface area contributed by atoms with E-state index in [0.29, 0.717) is 10.8 Å². The number of amides is 1. The highest BCUT2D eigenvalue weighted by Crippen LogP contribution is 2.37. The molecule has 1 amide bonds. The van der Waals surface area contributed by atoms with Gasteiger partial charge in [0.15, 0.2) is 0 Å². The van der Waals surface area contributed by atoms with Crippen LogP contribution in [-0.4, -0.2) is 27.5 Å². The van der Waals surface area contributed by atoms with Crippen LogP contribution >= 0.6 is 11.8 Å². The molecule has 5 heteroatoms. The molecule has 25 heavy (non-hydrogen) atoms. The Bertz CT molecular complexity index is 891. The molecule has 1 atom stereocenters. The molecule has 0 saturated carbocycles. The lowest BCUT2D eigenvalue weighted by molar-refractivity contribution is 0.0986. The average molecular weight is 349 g/mol. The first-order valence-electron chi connectivity index (χ1n) is 8.40. The summed E-state index contributed by atoms with van der Waals surface area (Å²) in [4.78, 5) is 16.3. The quantitative estimate of drug-likeness (QED) is 0.688.